The first-order valence-electron chi connectivity index (χ1n) is 6.73. The van der Waals surface area contributed by atoms with E-state index < -0.39 is 0 Å². The molecule has 1 aromatic heterocycles. The summed E-state index contributed by atoms with van der Waals surface area (Å²) in [5, 5.41) is 2.61. The maximum atomic E-state index is 5.39. The molecular weight excluding hydrogens is 332 g/mol. The van der Waals surface area contributed by atoms with Crippen molar-refractivity contribution in [1.29, 1.82) is 0 Å². The number of hydrogen-bond acceptors (Lipinski definition) is 1. The molecule has 1 heterocycles. The summed E-state index contributed by atoms with van der Waals surface area (Å²) in [6, 6.07) is 13.0. The molecule has 0 radical (unpaired) electrons. The maximum absolute atomic E-state index is 5.39. The van der Waals surface area contributed by atoms with E-state index in [1.54, 1.807) is 0 Å². The number of rotatable bonds is 2. The van der Waals surface area contributed by atoms with Crippen LogP contribution in [0.25, 0.3) is 16.5 Å². The Morgan fingerprint density at radius 1 is 1.10 bits per heavy atom. The molecule has 1 fully saturated rings. The van der Waals surface area contributed by atoms with Crippen LogP contribution in [-0.4, -0.2) is 9.55 Å². The van der Waals surface area contributed by atoms with E-state index >= 15 is 0 Å². The molecule has 20 heavy (non-hydrogen) atoms. The maximum Gasteiger partial charge on any atom is 0.182 e. The van der Waals surface area contributed by atoms with Crippen LogP contribution in [0.2, 0.25) is 0 Å². The standard InChI is InChI=1S/C16H13BrN2S/c17-15-9-18-16(20)19(15)14-8-7-11(10-5-6-10)12-3-1-2-4-13(12)14/h1-4,7-10H,5-6H2,(H,18,20). The molecule has 4 rings (SSSR count). The van der Waals surface area contributed by atoms with Gasteiger partial charge in [0.25, 0.3) is 0 Å². The van der Waals surface area contributed by atoms with Crippen LogP contribution in [-0.2, 0) is 0 Å². The van der Waals surface area contributed by atoms with E-state index in [1.807, 2.05) is 10.8 Å². The van der Waals surface area contributed by atoms with Gasteiger partial charge in [-0.2, -0.15) is 0 Å². The number of nitrogens with one attached hydrogen (secondary N) is 1. The molecule has 0 spiro atoms. The van der Waals surface area contributed by atoms with Gasteiger partial charge in [0, 0.05) is 11.6 Å². The minimum absolute atomic E-state index is 0.709. The second-order valence-electron chi connectivity index (χ2n) is 5.25. The van der Waals surface area contributed by atoms with Gasteiger partial charge in [-0.25, -0.2) is 0 Å². The summed E-state index contributed by atoms with van der Waals surface area (Å²) in [6.07, 6.45) is 4.51. The average molecular weight is 345 g/mol. The van der Waals surface area contributed by atoms with Crippen molar-refractivity contribution in [3.63, 3.8) is 0 Å². The molecule has 2 aromatic carbocycles. The van der Waals surface area contributed by atoms with E-state index in [-0.39, 0.29) is 0 Å². The van der Waals surface area contributed by atoms with Crippen LogP contribution in [0.3, 0.4) is 0 Å². The topological polar surface area (TPSA) is 20.7 Å². The lowest BCUT2D eigenvalue weighted by molar-refractivity contribution is 1.02. The molecule has 0 aliphatic heterocycles. The molecule has 2 nitrogen and oxygen atoms in total. The Morgan fingerprint density at radius 3 is 2.50 bits per heavy atom. The van der Waals surface area contributed by atoms with Crippen LogP contribution >= 0.6 is 28.1 Å². The van der Waals surface area contributed by atoms with E-state index in [0.29, 0.717) is 4.77 Å². The SMILES string of the molecule is S=c1[nH]cc(Br)n1-c1ccc(C2CC2)c2ccccc12. The number of halogens is 1. The van der Waals surface area contributed by atoms with Gasteiger partial charge in [0.1, 0.15) is 4.60 Å². The van der Waals surface area contributed by atoms with Crippen molar-refractivity contribution in [2.24, 2.45) is 0 Å². The van der Waals surface area contributed by atoms with Gasteiger partial charge < -0.3 is 4.98 Å². The van der Waals surface area contributed by atoms with Crippen LogP contribution in [0.5, 0.6) is 0 Å². The van der Waals surface area contributed by atoms with Gasteiger partial charge in [-0.3, -0.25) is 4.57 Å². The van der Waals surface area contributed by atoms with Gasteiger partial charge in [-0.05, 0) is 63.9 Å². The van der Waals surface area contributed by atoms with E-state index in [2.05, 4.69) is 57.3 Å². The highest BCUT2D eigenvalue weighted by molar-refractivity contribution is 9.10. The fourth-order valence-corrected chi connectivity index (χ4v) is 3.68. The Balaban J connectivity index is 2.07. The van der Waals surface area contributed by atoms with Gasteiger partial charge in [0.15, 0.2) is 4.77 Å². The summed E-state index contributed by atoms with van der Waals surface area (Å²) < 4.78 is 3.70. The molecule has 1 aliphatic rings. The molecule has 3 aromatic rings. The van der Waals surface area contributed by atoms with E-state index in [1.165, 1.54) is 29.2 Å². The number of benzene rings is 2. The minimum atomic E-state index is 0.709. The number of nitrogens with zero attached hydrogens (tertiary/aromatic N) is 1. The van der Waals surface area contributed by atoms with Crippen molar-refractivity contribution in [1.82, 2.24) is 9.55 Å². The molecule has 0 amide bonds. The lowest BCUT2D eigenvalue weighted by Gasteiger charge is -2.12. The predicted molar refractivity (Wildman–Crippen MR) is 88.1 cm³/mol. The number of hydrogen-bond donors (Lipinski definition) is 1. The first-order valence-corrected chi connectivity index (χ1v) is 7.94. The molecule has 1 saturated carbocycles. The molecule has 0 unspecified atom stereocenters. The van der Waals surface area contributed by atoms with Crippen molar-refractivity contribution in [2.45, 2.75) is 18.8 Å². The molecule has 4 heteroatoms. The number of aromatic amines is 1. The highest BCUT2D eigenvalue weighted by Gasteiger charge is 2.25. The monoisotopic (exact) mass is 344 g/mol. The summed E-state index contributed by atoms with van der Waals surface area (Å²) in [5.41, 5.74) is 2.60. The predicted octanol–water partition coefficient (Wildman–Crippen LogP) is 5.33. The smallest absolute Gasteiger partial charge is 0.182 e. The quantitative estimate of drug-likeness (QED) is 0.623. The van der Waals surface area contributed by atoms with Crippen LogP contribution in [0.4, 0.5) is 0 Å². The number of aromatic nitrogens is 2. The van der Waals surface area contributed by atoms with Gasteiger partial charge in [-0.1, -0.05) is 30.3 Å². The fraction of sp³-hybridized carbons (Fsp3) is 0.188. The van der Waals surface area contributed by atoms with E-state index in [9.17, 15) is 0 Å². The highest BCUT2D eigenvalue weighted by atomic mass is 79.9. The summed E-state index contributed by atoms with van der Waals surface area (Å²) >= 11 is 8.96. The lowest BCUT2D eigenvalue weighted by Crippen LogP contribution is -1.97. The molecule has 0 bridgehead atoms. The number of H-pyrrole nitrogens is 1. The second-order valence-corrected chi connectivity index (χ2v) is 6.44. The van der Waals surface area contributed by atoms with Gasteiger partial charge >= 0.3 is 0 Å². The van der Waals surface area contributed by atoms with Crippen molar-refractivity contribution in [2.75, 3.05) is 0 Å². The van der Waals surface area contributed by atoms with Gasteiger partial charge in [-0.15, -0.1) is 0 Å². The summed E-state index contributed by atoms with van der Waals surface area (Å²) in [5.74, 6) is 0.747. The van der Waals surface area contributed by atoms with Crippen molar-refractivity contribution < 1.29 is 0 Å². The Kier molecular flexibility index (Phi) is 2.82. The second kappa shape index (κ2) is 4.57. The molecule has 1 aliphatic carbocycles. The zero-order chi connectivity index (χ0) is 13.7. The first kappa shape index (κ1) is 12.4. The fourth-order valence-electron chi connectivity index (χ4n) is 2.82. The Labute approximate surface area is 130 Å². The van der Waals surface area contributed by atoms with Gasteiger partial charge in [0.05, 0.1) is 5.69 Å². The summed E-state index contributed by atoms with van der Waals surface area (Å²) in [6.45, 7) is 0. The zero-order valence-corrected chi connectivity index (χ0v) is 13.2. The van der Waals surface area contributed by atoms with Gasteiger partial charge in [0.2, 0.25) is 0 Å². The molecular formula is C16H13BrN2S. The number of fused-ring (bicyclic) bond motifs is 1. The zero-order valence-electron chi connectivity index (χ0n) is 10.8. The van der Waals surface area contributed by atoms with Crippen molar-refractivity contribution in [3.05, 3.63) is 57.5 Å². The minimum Gasteiger partial charge on any atom is -0.336 e. The van der Waals surface area contributed by atoms with Crippen LogP contribution in [0, 0.1) is 4.77 Å². The van der Waals surface area contributed by atoms with Crippen molar-refractivity contribution >= 4 is 38.9 Å². The third-order valence-electron chi connectivity index (χ3n) is 3.92. The summed E-state index contributed by atoms with van der Waals surface area (Å²) in [7, 11) is 0. The summed E-state index contributed by atoms with van der Waals surface area (Å²) in [4.78, 5) is 3.08. The lowest BCUT2D eigenvalue weighted by atomic mass is 9.99. The third kappa shape index (κ3) is 1.86. The Bertz CT molecular complexity index is 858. The number of imidazole rings is 1. The highest BCUT2D eigenvalue weighted by Crippen LogP contribution is 2.44. The van der Waals surface area contributed by atoms with E-state index in [4.69, 9.17) is 12.2 Å². The van der Waals surface area contributed by atoms with Crippen LogP contribution in [0.15, 0.2) is 47.2 Å². The Hall–Kier alpha value is -1.39. The average Bonchev–Trinajstić information content (AvgIpc) is 3.25. The molecule has 1 N–H and O–H groups in total. The van der Waals surface area contributed by atoms with Crippen LogP contribution in [0.1, 0.15) is 24.3 Å². The van der Waals surface area contributed by atoms with Crippen molar-refractivity contribution in [3.8, 4) is 5.69 Å². The third-order valence-corrected chi connectivity index (χ3v) is 4.81. The molecule has 100 valence electrons. The first-order chi connectivity index (χ1) is 9.75. The molecule has 0 atom stereocenters. The molecule has 0 saturated heterocycles. The van der Waals surface area contributed by atoms with Crippen LogP contribution < -0.4 is 0 Å². The Morgan fingerprint density at radius 2 is 1.85 bits per heavy atom. The normalized spacial score (nSPS) is 14.8. The van der Waals surface area contributed by atoms with E-state index in [0.717, 1.165) is 16.2 Å². The largest absolute Gasteiger partial charge is 0.336 e.